The fourth-order valence-electron chi connectivity index (χ4n) is 2.95. The zero-order chi connectivity index (χ0) is 21.3. The van der Waals surface area contributed by atoms with Gasteiger partial charge in [0, 0.05) is 30.0 Å². The summed E-state index contributed by atoms with van der Waals surface area (Å²) in [6.07, 6.45) is 1.37. The van der Waals surface area contributed by atoms with Crippen molar-refractivity contribution in [2.75, 3.05) is 43.1 Å². The Bertz CT molecular complexity index is 973. The third kappa shape index (κ3) is 5.59. The third-order valence-corrected chi connectivity index (χ3v) is 4.44. The summed E-state index contributed by atoms with van der Waals surface area (Å²) in [4.78, 5) is 25.5. The first-order valence-electron chi connectivity index (χ1n) is 9.36. The number of carboxylic acids is 1. The van der Waals surface area contributed by atoms with Gasteiger partial charge >= 0.3 is 5.97 Å². The number of benzene rings is 2. The number of amides is 1. The van der Waals surface area contributed by atoms with E-state index in [-0.39, 0.29) is 11.3 Å². The quantitative estimate of drug-likeness (QED) is 0.536. The number of hydrogen-bond acceptors (Lipinski definition) is 6. The monoisotopic (exact) mass is 407 g/mol. The Morgan fingerprint density at radius 1 is 1.17 bits per heavy atom. The van der Waals surface area contributed by atoms with E-state index in [1.54, 1.807) is 36.4 Å². The molecule has 0 unspecified atom stereocenters. The van der Waals surface area contributed by atoms with E-state index in [4.69, 9.17) is 14.6 Å². The Kier molecular flexibility index (Phi) is 7.03. The van der Waals surface area contributed by atoms with Gasteiger partial charge in [0.2, 0.25) is 0 Å². The Balaban J connectivity index is 1.71. The number of hydrogen-bond donors (Lipinski definition) is 2. The summed E-state index contributed by atoms with van der Waals surface area (Å²) in [5.41, 5.74) is 1.91. The standard InChI is InChI=1S/C22H21N3O5/c23-14-17(13-16-3-1-2-4-20(16)30-15-21(26)27)22(28)24-18-5-7-19(8-6-18)25-9-11-29-12-10-25/h1-8,13H,9-12,15H2,(H,24,28)(H,26,27). The van der Waals surface area contributed by atoms with Gasteiger partial charge in [-0.05, 0) is 36.4 Å². The van der Waals surface area contributed by atoms with Crippen molar-refractivity contribution < 1.29 is 24.2 Å². The van der Waals surface area contributed by atoms with Crippen LogP contribution in [0.4, 0.5) is 11.4 Å². The molecule has 1 saturated heterocycles. The number of carboxylic acid groups (broad SMARTS) is 1. The number of carbonyl (C=O) groups excluding carboxylic acids is 1. The maximum absolute atomic E-state index is 12.5. The topological polar surface area (TPSA) is 112 Å². The van der Waals surface area contributed by atoms with Crippen molar-refractivity contribution in [1.29, 1.82) is 5.26 Å². The molecule has 3 rings (SSSR count). The Hall–Kier alpha value is -3.83. The average molecular weight is 407 g/mol. The van der Waals surface area contributed by atoms with E-state index in [0.29, 0.717) is 24.5 Å². The molecule has 30 heavy (non-hydrogen) atoms. The van der Waals surface area contributed by atoms with E-state index in [9.17, 15) is 14.9 Å². The Morgan fingerprint density at radius 2 is 1.87 bits per heavy atom. The first kappa shape index (κ1) is 20.9. The average Bonchev–Trinajstić information content (AvgIpc) is 2.77. The van der Waals surface area contributed by atoms with Crippen LogP contribution < -0.4 is 15.0 Å². The van der Waals surface area contributed by atoms with Crippen molar-refractivity contribution in [1.82, 2.24) is 0 Å². The van der Waals surface area contributed by atoms with Gasteiger partial charge in [-0.3, -0.25) is 4.79 Å². The molecule has 0 aliphatic carbocycles. The fourth-order valence-corrected chi connectivity index (χ4v) is 2.95. The number of nitrogens with one attached hydrogen (secondary N) is 1. The van der Waals surface area contributed by atoms with Crippen LogP contribution in [0.15, 0.2) is 54.1 Å². The Labute approximate surface area is 173 Å². The van der Waals surface area contributed by atoms with Gasteiger partial charge in [-0.1, -0.05) is 18.2 Å². The lowest BCUT2D eigenvalue weighted by molar-refractivity contribution is -0.139. The number of anilines is 2. The van der Waals surface area contributed by atoms with Gasteiger partial charge < -0.3 is 24.8 Å². The van der Waals surface area contributed by atoms with Crippen molar-refractivity contribution in [3.63, 3.8) is 0 Å². The highest BCUT2D eigenvalue weighted by molar-refractivity contribution is 6.09. The number of morpholine rings is 1. The summed E-state index contributed by atoms with van der Waals surface area (Å²) in [6, 6.07) is 15.9. The third-order valence-electron chi connectivity index (χ3n) is 4.44. The molecule has 0 atom stereocenters. The van der Waals surface area contributed by atoms with Gasteiger partial charge in [0.25, 0.3) is 5.91 Å². The molecule has 8 heteroatoms. The molecule has 2 N–H and O–H groups in total. The van der Waals surface area contributed by atoms with Crippen LogP contribution in [0.5, 0.6) is 5.75 Å². The minimum Gasteiger partial charge on any atom is -0.481 e. The molecular weight excluding hydrogens is 386 g/mol. The molecule has 0 spiro atoms. The lowest BCUT2D eigenvalue weighted by atomic mass is 10.1. The molecule has 2 aromatic carbocycles. The summed E-state index contributed by atoms with van der Waals surface area (Å²) < 4.78 is 10.6. The van der Waals surface area contributed by atoms with Crippen LogP contribution in [-0.4, -0.2) is 49.9 Å². The molecule has 0 saturated carbocycles. The zero-order valence-electron chi connectivity index (χ0n) is 16.2. The highest BCUT2D eigenvalue weighted by Crippen LogP contribution is 2.22. The van der Waals surface area contributed by atoms with E-state index in [1.165, 1.54) is 6.08 Å². The predicted octanol–water partition coefficient (Wildman–Crippen LogP) is 2.53. The molecule has 1 amide bonds. The van der Waals surface area contributed by atoms with Crippen molar-refractivity contribution in [3.05, 3.63) is 59.7 Å². The smallest absolute Gasteiger partial charge is 0.341 e. The van der Waals surface area contributed by atoms with E-state index in [2.05, 4.69) is 10.2 Å². The van der Waals surface area contributed by atoms with E-state index >= 15 is 0 Å². The summed E-state index contributed by atoms with van der Waals surface area (Å²) in [5.74, 6) is -1.41. The minimum absolute atomic E-state index is 0.126. The number of aliphatic carboxylic acids is 1. The van der Waals surface area contributed by atoms with Gasteiger partial charge in [0.05, 0.1) is 13.2 Å². The first-order valence-corrected chi connectivity index (χ1v) is 9.36. The van der Waals surface area contributed by atoms with Crippen LogP contribution in [-0.2, 0) is 14.3 Å². The highest BCUT2D eigenvalue weighted by atomic mass is 16.5. The number of para-hydroxylation sites is 1. The van der Waals surface area contributed by atoms with Crippen LogP contribution >= 0.6 is 0 Å². The molecule has 1 aliphatic rings. The van der Waals surface area contributed by atoms with Crippen molar-refractivity contribution in [2.45, 2.75) is 0 Å². The number of nitrogens with zero attached hydrogens (tertiary/aromatic N) is 2. The van der Waals surface area contributed by atoms with Gasteiger partial charge in [0.1, 0.15) is 17.4 Å². The zero-order valence-corrected chi connectivity index (χ0v) is 16.2. The summed E-state index contributed by atoms with van der Waals surface area (Å²) in [7, 11) is 0. The van der Waals surface area contributed by atoms with Crippen LogP contribution in [0.25, 0.3) is 6.08 Å². The molecule has 1 heterocycles. The number of rotatable bonds is 7. The molecule has 1 fully saturated rings. The minimum atomic E-state index is -1.12. The molecule has 0 aromatic heterocycles. The summed E-state index contributed by atoms with van der Waals surface area (Å²) >= 11 is 0. The SMILES string of the molecule is N#CC(=Cc1ccccc1OCC(=O)O)C(=O)Nc1ccc(N2CCOCC2)cc1. The van der Waals surface area contributed by atoms with E-state index < -0.39 is 18.5 Å². The predicted molar refractivity (Wildman–Crippen MR) is 111 cm³/mol. The van der Waals surface area contributed by atoms with Gasteiger partial charge in [-0.2, -0.15) is 5.26 Å². The van der Waals surface area contributed by atoms with Crippen molar-refractivity contribution in [3.8, 4) is 11.8 Å². The second kappa shape index (κ2) is 10.1. The van der Waals surface area contributed by atoms with Crippen LogP contribution in [0.2, 0.25) is 0 Å². The molecular formula is C22H21N3O5. The number of carbonyl (C=O) groups is 2. The lowest BCUT2D eigenvalue weighted by Crippen LogP contribution is -2.36. The van der Waals surface area contributed by atoms with Gasteiger partial charge in [-0.15, -0.1) is 0 Å². The van der Waals surface area contributed by atoms with Crippen LogP contribution in [0.1, 0.15) is 5.56 Å². The summed E-state index contributed by atoms with van der Waals surface area (Å²) in [5, 5.41) is 20.9. The van der Waals surface area contributed by atoms with E-state index in [1.807, 2.05) is 18.2 Å². The fraction of sp³-hybridized carbons (Fsp3) is 0.227. The molecule has 8 nitrogen and oxygen atoms in total. The van der Waals surface area contributed by atoms with Crippen molar-refractivity contribution in [2.24, 2.45) is 0 Å². The van der Waals surface area contributed by atoms with E-state index in [0.717, 1.165) is 18.8 Å². The first-order chi connectivity index (χ1) is 14.6. The summed E-state index contributed by atoms with van der Waals surface area (Å²) in [6.45, 7) is 2.49. The maximum Gasteiger partial charge on any atom is 0.341 e. The highest BCUT2D eigenvalue weighted by Gasteiger charge is 2.14. The number of nitriles is 1. The molecule has 0 bridgehead atoms. The normalized spacial score (nSPS) is 14.0. The molecule has 1 aliphatic heterocycles. The lowest BCUT2D eigenvalue weighted by Gasteiger charge is -2.28. The van der Waals surface area contributed by atoms with Gasteiger partial charge in [-0.25, -0.2) is 4.79 Å². The van der Waals surface area contributed by atoms with Crippen LogP contribution in [0.3, 0.4) is 0 Å². The van der Waals surface area contributed by atoms with Crippen LogP contribution in [0, 0.1) is 11.3 Å². The second-order valence-corrected chi connectivity index (χ2v) is 6.49. The molecule has 0 radical (unpaired) electrons. The number of ether oxygens (including phenoxy) is 2. The van der Waals surface area contributed by atoms with Crippen molar-refractivity contribution >= 4 is 29.3 Å². The molecule has 2 aromatic rings. The van der Waals surface area contributed by atoms with Gasteiger partial charge in [0.15, 0.2) is 6.61 Å². The molecule has 154 valence electrons. The largest absolute Gasteiger partial charge is 0.481 e. The Morgan fingerprint density at radius 3 is 2.53 bits per heavy atom. The second-order valence-electron chi connectivity index (χ2n) is 6.49. The maximum atomic E-state index is 12.5.